The first-order valence-corrected chi connectivity index (χ1v) is 11.7. The molecule has 0 spiro atoms. The highest BCUT2D eigenvalue weighted by Gasteiger charge is 2.26. The minimum atomic E-state index is -0.177. The van der Waals surface area contributed by atoms with Crippen LogP contribution in [0.25, 0.3) is 16.6 Å². The van der Waals surface area contributed by atoms with Crippen molar-refractivity contribution in [2.75, 3.05) is 13.1 Å². The first kappa shape index (κ1) is 21.6. The molecule has 5 rings (SSSR count). The lowest BCUT2D eigenvalue weighted by atomic mass is 10.1. The second kappa shape index (κ2) is 8.63. The molecule has 2 aromatic carbocycles. The predicted molar refractivity (Wildman–Crippen MR) is 128 cm³/mol. The maximum Gasteiger partial charge on any atom is 0.265 e. The van der Waals surface area contributed by atoms with E-state index in [0.717, 1.165) is 37.9 Å². The monoisotopic (exact) mass is 446 g/mol. The highest BCUT2D eigenvalue weighted by atomic mass is 16.5. The largest absolute Gasteiger partial charge is 0.489 e. The molecule has 1 saturated heterocycles. The summed E-state index contributed by atoms with van der Waals surface area (Å²) in [6.07, 6.45) is 4.68. The van der Waals surface area contributed by atoms with Crippen LogP contribution in [-0.2, 0) is 0 Å². The molecule has 1 aromatic heterocycles. The van der Waals surface area contributed by atoms with Gasteiger partial charge in [0.1, 0.15) is 18.2 Å². The van der Waals surface area contributed by atoms with Crippen molar-refractivity contribution < 1.29 is 9.53 Å². The van der Waals surface area contributed by atoms with E-state index < -0.39 is 0 Å². The number of carbonyl (C=O) groups excluding carboxylic acids is 1. The Labute approximate surface area is 193 Å². The fourth-order valence-electron chi connectivity index (χ4n) is 4.36. The van der Waals surface area contributed by atoms with Gasteiger partial charge in [-0.15, -0.1) is 0 Å². The lowest BCUT2D eigenvalue weighted by molar-refractivity contribution is 0.0951. The number of aryl methyl sites for hydroxylation is 1. The molecule has 1 saturated carbocycles. The zero-order chi connectivity index (χ0) is 23.1. The van der Waals surface area contributed by atoms with Gasteiger partial charge in [-0.2, -0.15) is 0 Å². The molecule has 1 aliphatic heterocycles. The van der Waals surface area contributed by atoms with Crippen LogP contribution >= 0.6 is 0 Å². The van der Waals surface area contributed by atoms with Crippen LogP contribution in [0.3, 0.4) is 0 Å². The standard InChI is InChI=1S/C26H30N4O3/c1-16(2)29-11-10-21(14-29)33-20-8-9-23-22(13-20)26(32)30(15-27-23)24-12-18(5-4-17(24)3)25(31)28-19-6-7-19/h4-5,8-9,12-13,15-16,19,21H,6-7,10-11,14H2,1-3H3,(H,28,31). The van der Waals surface area contributed by atoms with Crippen molar-refractivity contribution in [3.05, 3.63) is 64.2 Å². The zero-order valence-electron chi connectivity index (χ0n) is 19.4. The zero-order valence-corrected chi connectivity index (χ0v) is 19.4. The van der Waals surface area contributed by atoms with E-state index in [1.807, 2.05) is 25.1 Å². The van der Waals surface area contributed by atoms with Crippen LogP contribution in [0, 0.1) is 6.92 Å². The Morgan fingerprint density at radius 2 is 1.97 bits per heavy atom. The van der Waals surface area contributed by atoms with Crippen molar-refractivity contribution in [3.8, 4) is 11.4 Å². The molecule has 0 bridgehead atoms. The molecule has 3 aromatic rings. The van der Waals surface area contributed by atoms with Crippen LogP contribution in [0.15, 0.2) is 47.5 Å². The predicted octanol–water partition coefficient (Wildman–Crippen LogP) is 3.45. The van der Waals surface area contributed by atoms with Gasteiger partial charge < -0.3 is 10.1 Å². The quantitative estimate of drug-likeness (QED) is 0.628. The van der Waals surface area contributed by atoms with Crippen molar-refractivity contribution >= 4 is 16.8 Å². The third-order valence-corrected chi connectivity index (χ3v) is 6.58. The summed E-state index contributed by atoms with van der Waals surface area (Å²) in [6, 6.07) is 11.7. The molecule has 1 N–H and O–H groups in total. The molecule has 2 aliphatic rings. The van der Waals surface area contributed by atoms with Gasteiger partial charge in [0.05, 0.1) is 16.6 Å². The van der Waals surface area contributed by atoms with Crippen molar-refractivity contribution in [2.45, 2.75) is 58.2 Å². The Kier molecular flexibility index (Phi) is 5.66. The first-order chi connectivity index (χ1) is 15.9. The van der Waals surface area contributed by atoms with E-state index in [-0.39, 0.29) is 23.6 Å². The molecule has 1 aliphatic carbocycles. The average Bonchev–Trinajstić information content (AvgIpc) is 3.48. The lowest BCUT2D eigenvalue weighted by Gasteiger charge is -2.20. The Bertz CT molecular complexity index is 1260. The Morgan fingerprint density at radius 3 is 2.70 bits per heavy atom. The van der Waals surface area contributed by atoms with Gasteiger partial charge >= 0.3 is 0 Å². The second-order valence-corrected chi connectivity index (χ2v) is 9.46. The fraction of sp³-hybridized carbons (Fsp3) is 0.423. The molecule has 1 atom stereocenters. The fourth-order valence-corrected chi connectivity index (χ4v) is 4.36. The summed E-state index contributed by atoms with van der Waals surface area (Å²) >= 11 is 0. The third-order valence-electron chi connectivity index (χ3n) is 6.58. The third kappa shape index (κ3) is 4.50. The summed E-state index contributed by atoms with van der Waals surface area (Å²) in [6.45, 7) is 8.23. The number of likely N-dealkylation sites (tertiary alicyclic amines) is 1. The number of hydrogen-bond donors (Lipinski definition) is 1. The SMILES string of the molecule is Cc1ccc(C(=O)NC2CC2)cc1-n1cnc2ccc(OC3CCN(C(C)C)C3)cc2c1=O. The lowest BCUT2D eigenvalue weighted by Crippen LogP contribution is -2.30. The van der Waals surface area contributed by atoms with Gasteiger partial charge in [-0.05, 0) is 75.9 Å². The summed E-state index contributed by atoms with van der Waals surface area (Å²) in [5.74, 6) is 0.576. The minimum absolute atomic E-state index is 0.108. The van der Waals surface area contributed by atoms with Gasteiger partial charge in [0, 0.05) is 30.7 Å². The Balaban J connectivity index is 1.45. The molecule has 1 unspecified atom stereocenters. The molecule has 2 fully saturated rings. The van der Waals surface area contributed by atoms with E-state index >= 15 is 0 Å². The summed E-state index contributed by atoms with van der Waals surface area (Å²) in [7, 11) is 0. The minimum Gasteiger partial charge on any atom is -0.489 e. The molecular formula is C26H30N4O3. The first-order valence-electron chi connectivity index (χ1n) is 11.7. The normalized spacial score (nSPS) is 18.7. The van der Waals surface area contributed by atoms with E-state index in [0.29, 0.717) is 33.9 Å². The number of rotatable bonds is 6. The molecular weight excluding hydrogens is 416 g/mol. The summed E-state index contributed by atoms with van der Waals surface area (Å²) in [5, 5.41) is 3.50. The van der Waals surface area contributed by atoms with Crippen molar-refractivity contribution in [1.82, 2.24) is 19.8 Å². The van der Waals surface area contributed by atoms with E-state index in [1.54, 1.807) is 18.2 Å². The number of nitrogens with zero attached hydrogens (tertiary/aromatic N) is 3. The maximum atomic E-state index is 13.4. The summed E-state index contributed by atoms with van der Waals surface area (Å²) in [4.78, 5) is 32.9. The van der Waals surface area contributed by atoms with Gasteiger partial charge in [-0.1, -0.05) is 6.07 Å². The van der Waals surface area contributed by atoms with Gasteiger partial charge in [0.25, 0.3) is 11.5 Å². The molecule has 172 valence electrons. The smallest absolute Gasteiger partial charge is 0.265 e. The van der Waals surface area contributed by atoms with Crippen molar-refractivity contribution in [1.29, 1.82) is 0 Å². The van der Waals surface area contributed by atoms with E-state index in [1.165, 1.54) is 10.9 Å². The van der Waals surface area contributed by atoms with Gasteiger partial charge in [-0.3, -0.25) is 19.1 Å². The van der Waals surface area contributed by atoms with Crippen LogP contribution in [0.2, 0.25) is 0 Å². The summed E-state index contributed by atoms with van der Waals surface area (Å²) in [5.41, 5.74) is 2.55. The molecule has 7 nitrogen and oxygen atoms in total. The number of ether oxygens (including phenoxy) is 1. The van der Waals surface area contributed by atoms with E-state index in [2.05, 4.69) is 29.0 Å². The van der Waals surface area contributed by atoms with Gasteiger partial charge in [0.2, 0.25) is 0 Å². The van der Waals surface area contributed by atoms with Gasteiger partial charge in [0.15, 0.2) is 0 Å². The molecule has 7 heteroatoms. The number of hydrogen-bond acceptors (Lipinski definition) is 5. The van der Waals surface area contributed by atoms with Crippen molar-refractivity contribution in [2.24, 2.45) is 0 Å². The number of fused-ring (bicyclic) bond motifs is 1. The maximum absolute atomic E-state index is 13.4. The average molecular weight is 447 g/mol. The highest BCUT2D eigenvalue weighted by Crippen LogP contribution is 2.24. The number of aromatic nitrogens is 2. The van der Waals surface area contributed by atoms with E-state index in [9.17, 15) is 9.59 Å². The number of carbonyl (C=O) groups is 1. The summed E-state index contributed by atoms with van der Waals surface area (Å²) < 4.78 is 7.73. The Morgan fingerprint density at radius 1 is 1.15 bits per heavy atom. The molecule has 0 radical (unpaired) electrons. The highest BCUT2D eigenvalue weighted by molar-refractivity contribution is 5.95. The van der Waals surface area contributed by atoms with Crippen LogP contribution in [0.5, 0.6) is 5.75 Å². The van der Waals surface area contributed by atoms with Crippen LogP contribution in [0.4, 0.5) is 0 Å². The Hall–Kier alpha value is -3.19. The van der Waals surface area contributed by atoms with E-state index in [4.69, 9.17) is 4.74 Å². The van der Waals surface area contributed by atoms with Crippen LogP contribution < -0.4 is 15.6 Å². The van der Waals surface area contributed by atoms with Crippen LogP contribution in [-0.4, -0.2) is 51.6 Å². The number of benzene rings is 2. The topological polar surface area (TPSA) is 76.5 Å². The van der Waals surface area contributed by atoms with Gasteiger partial charge in [-0.25, -0.2) is 4.98 Å². The van der Waals surface area contributed by atoms with Crippen molar-refractivity contribution in [3.63, 3.8) is 0 Å². The number of nitrogens with one attached hydrogen (secondary N) is 1. The number of amides is 1. The molecule has 33 heavy (non-hydrogen) atoms. The second-order valence-electron chi connectivity index (χ2n) is 9.46. The molecule has 1 amide bonds. The van der Waals surface area contributed by atoms with Crippen LogP contribution in [0.1, 0.15) is 49.0 Å². The molecule has 2 heterocycles.